The van der Waals surface area contributed by atoms with Gasteiger partial charge in [0, 0.05) is 17.7 Å². The van der Waals surface area contributed by atoms with Crippen molar-refractivity contribution in [1.29, 1.82) is 0 Å². The largest absolute Gasteiger partial charge is 0.337 e. The van der Waals surface area contributed by atoms with Crippen molar-refractivity contribution < 1.29 is 0 Å². The van der Waals surface area contributed by atoms with Crippen LogP contribution in [-0.2, 0) is 26.4 Å². The molecule has 0 saturated carbocycles. The smallest absolute Gasteiger partial charge is 0.122 e. The summed E-state index contributed by atoms with van der Waals surface area (Å²) in [7, 11) is 1.98. The third-order valence-corrected chi connectivity index (χ3v) is 3.32. The Morgan fingerprint density at radius 3 is 2.53 bits per heavy atom. The highest BCUT2D eigenvalue weighted by atomic mass is 79.9. The van der Waals surface area contributed by atoms with E-state index in [0.717, 1.165) is 28.8 Å². The molecular weight excluding hydrogens is 278 g/mol. The van der Waals surface area contributed by atoms with E-state index in [1.165, 1.54) is 5.56 Å². The molecule has 2 aromatic rings. The Bertz CT molecular complexity index is 488. The quantitative estimate of drug-likeness (QED) is 0.941. The van der Waals surface area contributed by atoms with Crippen molar-refractivity contribution >= 4 is 15.9 Å². The predicted molar refractivity (Wildman–Crippen MR) is 72.6 cm³/mol. The summed E-state index contributed by atoms with van der Waals surface area (Å²) in [4.78, 5) is 4.49. The Morgan fingerprint density at radius 1 is 1.24 bits per heavy atom. The second kappa shape index (κ2) is 5.47. The van der Waals surface area contributed by atoms with Crippen molar-refractivity contribution in [1.82, 2.24) is 9.55 Å². The van der Waals surface area contributed by atoms with E-state index in [4.69, 9.17) is 5.73 Å². The first-order valence-electron chi connectivity index (χ1n) is 5.64. The third kappa shape index (κ3) is 3.17. The zero-order chi connectivity index (χ0) is 12.3. The Hall–Kier alpha value is -1.13. The normalized spacial score (nSPS) is 10.8. The van der Waals surface area contributed by atoms with Gasteiger partial charge < -0.3 is 10.3 Å². The molecule has 0 radical (unpaired) electrons. The van der Waals surface area contributed by atoms with Crippen molar-refractivity contribution in [3.63, 3.8) is 0 Å². The summed E-state index contributed by atoms with van der Waals surface area (Å²) in [5.41, 5.74) is 8.03. The summed E-state index contributed by atoms with van der Waals surface area (Å²) in [6.45, 7) is 0.495. The van der Waals surface area contributed by atoms with Crippen LogP contribution in [0.1, 0.15) is 17.1 Å². The molecule has 0 fully saturated rings. The Balaban J connectivity index is 1.99. The molecule has 1 aromatic carbocycles. The second-order valence-electron chi connectivity index (χ2n) is 4.09. The van der Waals surface area contributed by atoms with Gasteiger partial charge in [-0.1, -0.05) is 28.1 Å². The average molecular weight is 294 g/mol. The molecule has 0 aliphatic heterocycles. The number of benzene rings is 1. The van der Waals surface area contributed by atoms with Gasteiger partial charge in [-0.05, 0) is 30.5 Å². The molecular formula is C13H16BrN3. The van der Waals surface area contributed by atoms with Gasteiger partial charge in [-0.25, -0.2) is 4.98 Å². The van der Waals surface area contributed by atoms with Crippen molar-refractivity contribution in [2.45, 2.75) is 19.4 Å². The van der Waals surface area contributed by atoms with Gasteiger partial charge in [-0.2, -0.15) is 0 Å². The lowest BCUT2D eigenvalue weighted by Crippen LogP contribution is -2.03. The molecule has 1 aromatic heterocycles. The summed E-state index contributed by atoms with van der Waals surface area (Å²) >= 11 is 3.43. The molecule has 0 aliphatic carbocycles. The summed E-state index contributed by atoms with van der Waals surface area (Å²) in [5.74, 6) is 0.941. The monoisotopic (exact) mass is 293 g/mol. The molecule has 0 atom stereocenters. The molecule has 4 heteroatoms. The zero-order valence-corrected chi connectivity index (χ0v) is 11.4. The van der Waals surface area contributed by atoms with Crippen LogP contribution in [0.2, 0.25) is 0 Å². The van der Waals surface area contributed by atoms with Gasteiger partial charge in [0.1, 0.15) is 5.82 Å². The van der Waals surface area contributed by atoms with Crippen molar-refractivity contribution in [2.24, 2.45) is 12.8 Å². The lowest BCUT2D eigenvalue weighted by Gasteiger charge is -1.99. The van der Waals surface area contributed by atoms with Gasteiger partial charge >= 0.3 is 0 Å². The van der Waals surface area contributed by atoms with E-state index in [2.05, 4.69) is 51.4 Å². The van der Waals surface area contributed by atoms with Crippen LogP contribution in [0, 0.1) is 0 Å². The van der Waals surface area contributed by atoms with Crippen LogP contribution in [0.5, 0.6) is 0 Å². The van der Waals surface area contributed by atoms with Crippen molar-refractivity contribution in [3.8, 4) is 0 Å². The maximum Gasteiger partial charge on any atom is 0.122 e. The zero-order valence-electron chi connectivity index (χ0n) is 9.86. The fraction of sp³-hybridized carbons (Fsp3) is 0.308. The molecule has 0 saturated heterocycles. The van der Waals surface area contributed by atoms with Gasteiger partial charge in [0.05, 0.1) is 12.2 Å². The molecule has 2 rings (SSSR count). The van der Waals surface area contributed by atoms with Crippen LogP contribution < -0.4 is 5.73 Å². The number of halogens is 1. The molecule has 1 heterocycles. The van der Waals surface area contributed by atoms with Crippen LogP contribution in [0.4, 0.5) is 0 Å². The first-order chi connectivity index (χ1) is 8.19. The van der Waals surface area contributed by atoms with Gasteiger partial charge in [0.2, 0.25) is 0 Å². The maximum atomic E-state index is 5.60. The number of hydrogen-bond acceptors (Lipinski definition) is 2. The van der Waals surface area contributed by atoms with Crippen LogP contribution in [0.15, 0.2) is 34.9 Å². The minimum atomic E-state index is 0.495. The first-order valence-corrected chi connectivity index (χ1v) is 6.44. The average Bonchev–Trinajstić information content (AvgIpc) is 2.69. The number of hydrogen-bond donors (Lipinski definition) is 1. The summed E-state index contributed by atoms with van der Waals surface area (Å²) in [6.07, 6.45) is 4.02. The van der Waals surface area contributed by atoms with Gasteiger partial charge in [-0.3, -0.25) is 0 Å². The Morgan fingerprint density at radius 2 is 1.94 bits per heavy atom. The van der Waals surface area contributed by atoms with Crippen LogP contribution in [0.25, 0.3) is 0 Å². The lowest BCUT2D eigenvalue weighted by atomic mass is 10.1. The molecule has 17 heavy (non-hydrogen) atoms. The van der Waals surface area contributed by atoms with E-state index in [1.54, 1.807) is 0 Å². The van der Waals surface area contributed by atoms with Crippen LogP contribution >= 0.6 is 15.9 Å². The maximum absolute atomic E-state index is 5.60. The fourth-order valence-corrected chi connectivity index (χ4v) is 2.07. The Kier molecular flexibility index (Phi) is 3.97. The molecule has 0 bridgehead atoms. The van der Waals surface area contributed by atoms with E-state index in [0.29, 0.717) is 6.54 Å². The minimum absolute atomic E-state index is 0.495. The number of nitrogens with zero attached hydrogens (tertiary/aromatic N) is 2. The number of imidazole rings is 1. The van der Waals surface area contributed by atoms with Crippen LogP contribution in [-0.4, -0.2) is 9.55 Å². The molecule has 0 unspecified atom stereocenters. The number of rotatable bonds is 4. The fourth-order valence-electron chi connectivity index (χ4n) is 1.81. The molecule has 0 amide bonds. The molecule has 0 aliphatic rings. The summed E-state index contributed by atoms with van der Waals surface area (Å²) in [5, 5.41) is 0. The van der Waals surface area contributed by atoms with E-state index in [9.17, 15) is 0 Å². The molecule has 90 valence electrons. The first kappa shape index (κ1) is 12.3. The highest BCUT2D eigenvalue weighted by molar-refractivity contribution is 9.10. The summed E-state index contributed by atoms with van der Waals surface area (Å²) < 4.78 is 3.11. The summed E-state index contributed by atoms with van der Waals surface area (Å²) in [6, 6.07) is 8.41. The van der Waals surface area contributed by atoms with Gasteiger partial charge in [0.15, 0.2) is 0 Å². The Labute approximate surface area is 110 Å². The molecule has 3 nitrogen and oxygen atoms in total. The lowest BCUT2D eigenvalue weighted by molar-refractivity contribution is 0.793. The molecule has 0 spiro atoms. The van der Waals surface area contributed by atoms with E-state index in [1.807, 2.05) is 11.6 Å². The highest BCUT2D eigenvalue weighted by Crippen LogP contribution is 2.12. The van der Waals surface area contributed by atoms with Crippen molar-refractivity contribution in [2.75, 3.05) is 0 Å². The number of aryl methyl sites for hydroxylation is 3. The molecule has 2 N–H and O–H groups in total. The van der Waals surface area contributed by atoms with E-state index < -0.39 is 0 Å². The van der Waals surface area contributed by atoms with Crippen LogP contribution in [0.3, 0.4) is 0 Å². The van der Waals surface area contributed by atoms with Gasteiger partial charge in [-0.15, -0.1) is 0 Å². The SMILES string of the molecule is Cn1cc(CCc2ccc(Br)cc2)nc1CN. The van der Waals surface area contributed by atoms with E-state index in [-0.39, 0.29) is 0 Å². The number of aromatic nitrogens is 2. The third-order valence-electron chi connectivity index (χ3n) is 2.79. The predicted octanol–water partition coefficient (Wildman–Crippen LogP) is 2.43. The van der Waals surface area contributed by atoms with E-state index >= 15 is 0 Å². The minimum Gasteiger partial charge on any atom is -0.337 e. The second-order valence-corrected chi connectivity index (χ2v) is 5.01. The number of nitrogens with two attached hydrogens (primary N) is 1. The van der Waals surface area contributed by atoms with Crippen molar-refractivity contribution in [3.05, 3.63) is 52.0 Å². The topological polar surface area (TPSA) is 43.8 Å². The standard InChI is InChI=1S/C13H16BrN3/c1-17-9-12(16-13(17)8-15)7-4-10-2-5-11(14)6-3-10/h2-3,5-6,9H,4,7-8,15H2,1H3. The highest BCUT2D eigenvalue weighted by Gasteiger charge is 2.03. The van der Waals surface area contributed by atoms with Gasteiger partial charge in [0.25, 0.3) is 0 Å².